The largest absolute Gasteiger partial charge is 0.338 e. The second-order valence-electron chi connectivity index (χ2n) is 6.52. The first-order valence-electron chi connectivity index (χ1n) is 8.51. The van der Waals surface area contributed by atoms with Gasteiger partial charge >= 0.3 is 0 Å². The molecule has 4 rings (SSSR count). The van der Waals surface area contributed by atoms with Crippen molar-refractivity contribution in [3.8, 4) is 0 Å². The molecular formula is C18H20N6O. The van der Waals surface area contributed by atoms with Crippen LogP contribution in [-0.4, -0.2) is 48.5 Å². The number of hydrogen-bond donors (Lipinski definition) is 0. The number of aromatic nitrogens is 5. The van der Waals surface area contributed by atoms with Crippen LogP contribution in [-0.2, 0) is 0 Å². The molecule has 7 heteroatoms. The van der Waals surface area contributed by atoms with Crippen LogP contribution in [0.25, 0.3) is 5.78 Å². The van der Waals surface area contributed by atoms with E-state index in [0.717, 1.165) is 36.5 Å². The third-order valence-electron chi connectivity index (χ3n) is 4.77. The molecule has 0 spiro atoms. The average molecular weight is 336 g/mol. The van der Waals surface area contributed by atoms with Crippen LogP contribution < -0.4 is 0 Å². The maximum absolute atomic E-state index is 12.9. The highest BCUT2D eigenvalue weighted by Crippen LogP contribution is 2.28. The van der Waals surface area contributed by atoms with E-state index in [9.17, 15) is 4.79 Å². The molecule has 1 aliphatic heterocycles. The van der Waals surface area contributed by atoms with E-state index < -0.39 is 0 Å². The van der Waals surface area contributed by atoms with Crippen LogP contribution in [0, 0.1) is 13.8 Å². The lowest BCUT2D eigenvalue weighted by atomic mass is 9.93. The van der Waals surface area contributed by atoms with E-state index in [1.165, 1.54) is 6.33 Å². The Morgan fingerprint density at radius 2 is 2.16 bits per heavy atom. The number of aryl methyl sites for hydroxylation is 2. The van der Waals surface area contributed by atoms with Crippen molar-refractivity contribution in [3.05, 3.63) is 53.4 Å². The van der Waals surface area contributed by atoms with Crippen LogP contribution in [0.2, 0.25) is 0 Å². The van der Waals surface area contributed by atoms with Crippen molar-refractivity contribution in [1.29, 1.82) is 0 Å². The quantitative estimate of drug-likeness (QED) is 0.717. The number of likely N-dealkylation sites (tertiary alicyclic amines) is 1. The summed E-state index contributed by atoms with van der Waals surface area (Å²) >= 11 is 0. The van der Waals surface area contributed by atoms with Gasteiger partial charge < -0.3 is 4.90 Å². The minimum Gasteiger partial charge on any atom is -0.338 e. The number of amides is 1. The molecule has 4 heterocycles. The first-order chi connectivity index (χ1) is 12.1. The van der Waals surface area contributed by atoms with E-state index in [-0.39, 0.29) is 11.8 Å². The first-order valence-corrected chi connectivity index (χ1v) is 8.51. The second-order valence-corrected chi connectivity index (χ2v) is 6.52. The average Bonchev–Trinajstić information content (AvgIpc) is 3.09. The van der Waals surface area contributed by atoms with Gasteiger partial charge in [0.25, 0.3) is 11.7 Å². The van der Waals surface area contributed by atoms with Crippen LogP contribution in [0.5, 0.6) is 0 Å². The summed E-state index contributed by atoms with van der Waals surface area (Å²) in [6, 6.07) is 5.71. The molecule has 1 amide bonds. The van der Waals surface area contributed by atoms with Crippen LogP contribution in [0.1, 0.15) is 46.2 Å². The maximum Gasteiger partial charge on any atom is 0.255 e. The Morgan fingerprint density at radius 3 is 3.00 bits per heavy atom. The summed E-state index contributed by atoms with van der Waals surface area (Å²) in [5.74, 6) is 0.887. The highest BCUT2D eigenvalue weighted by Gasteiger charge is 2.28. The van der Waals surface area contributed by atoms with Crippen LogP contribution in [0.4, 0.5) is 0 Å². The van der Waals surface area contributed by atoms with Crippen molar-refractivity contribution in [3.63, 3.8) is 0 Å². The number of carbonyl (C=O) groups excluding carboxylic acids is 1. The molecule has 3 aromatic rings. The van der Waals surface area contributed by atoms with Crippen molar-refractivity contribution in [2.75, 3.05) is 13.1 Å². The molecule has 128 valence electrons. The highest BCUT2D eigenvalue weighted by atomic mass is 16.2. The minimum absolute atomic E-state index is 0.0518. The van der Waals surface area contributed by atoms with Gasteiger partial charge in [0.15, 0.2) is 0 Å². The van der Waals surface area contributed by atoms with Gasteiger partial charge in [-0.15, -0.1) is 0 Å². The molecule has 7 nitrogen and oxygen atoms in total. The number of pyridine rings is 1. The van der Waals surface area contributed by atoms with E-state index in [4.69, 9.17) is 0 Å². The van der Waals surface area contributed by atoms with Crippen molar-refractivity contribution >= 4 is 11.7 Å². The van der Waals surface area contributed by atoms with Crippen molar-refractivity contribution in [2.24, 2.45) is 0 Å². The van der Waals surface area contributed by atoms with Gasteiger partial charge in [-0.2, -0.15) is 10.1 Å². The normalized spacial score (nSPS) is 17.8. The molecule has 0 N–H and O–H groups in total. The van der Waals surface area contributed by atoms with E-state index in [0.29, 0.717) is 17.9 Å². The van der Waals surface area contributed by atoms with Crippen LogP contribution >= 0.6 is 0 Å². The van der Waals surface area contributed by atoms with Gasteiger partial charge in [0, 0.05) is 36.6 Å². The molecule has 0 aromatic carbocycles. The van der Waals surface area contributed by atoms with E-state index in [1.54, 1.807) is 10.7 Å². The van der Waals surface area contributed by atoms with Gasteiger partial charge in [0.1, 0.15) is 6.33 Å². The predicted octanol–water partition coefficient (Wildman–Crippen LogP) is 2.16. The summed E-state index contributed by atoms with van der Waals surface area (Å²) in [5, 5.41) is 4.31. The lowest BCUT2D eigenvalue weighted by Gasteiger charge is -2.33. The SMILES string of the molecule is Cc1cc(C2CCCN(C(=O)c3cccnc3C)C2)n2ncnc2n1. The summed E-state index contributed by atoms with van der Waals surface area (Å²) in [4.78, 5) is 27.7. The summed E-state index contributed by atoms with van der Waals surface area (Å²) in [7, 11) is 0. The monoisotopic (exact) mass is 336 g/mol. The first kappa shape index (κ1) is 15.7. The Balaban J connectivity index is 1.64. The number of piperidine rings is 1. The van der Waals surface area contributed by atoms with Gasteiger partial charge in [0.05, 0.1) is 11.3 Å². The zero-order valence-electron chi connectivity index (χ0n) is 14.4. The molecule has 1 atom stereocenters. The van der Waals surface area contributed by atoms with Crippen LogP contribution in [0.15, 0.2) is 30.7 Å². The summed E-state index contributed by atoms with van der Waals surface area (Å²) in [6.07, 6.45) is 5.23. The molecule has 0 bridgehead atoms. The zero-order chi connectivity index (χ0) is 17.4. The minimum atomic E-state index is 0.0518. The maximum atomic E-state index is 12.9. The molecular weight excluding hydrogens is 316 g/mol. The van der Waals surface area contributed by atoms with Gasteiger partial charge in [-0.05, 0) is 44.9 Å². The molecule has 0 aliphatic carbocycles. The fraction of sp³-hybridized carbons (Fsp3) is 0.389. The van der Waals surface area contributed by atoms with E-state index >= 15 is 0 Å². The molecule has 1 saturated heterocycles. The lowest BCUT2D eigenvalue weighted by molar-refractivity contribution is 0.0704. The Kier molecular flexibility index (Phi) is 3.91. The summed E-state index contributed by atoms with van der Waals surface area (Å²) in [6.45, 7) is 5.28. The lowest BCUT2D eigenvalue weighted by Crippen LogP contribution is -2.40. The number of hydrogen-bond acceptors (Lipinski definition) is 5. The standard InChI is InChI=1S/C18H20N6O/c1-12-9-16(24-18(22-12)20-11-21-24)14-5-4-8-23(10-14)17(25)15-6-3-7-19-13(15)2/h3,6-7,9,11,14H,4-5,8,10H2,1-2H3. The Morgan fingerprint density at radius 1 is 1.28 bits per heavy atom. The van der Waals surface area contributed by atoms with Gasteiger partial charge in [0.2, 0.25) is 0 Å². The van der Waals surface area contributed by atoms with E-state index in [2.05, 4.69) is 26.1 Å². The fourth-order valence-electron chi connectivity index (χ4n) is 3.53. The van der Waals surface area contributed by atoms with E-state index in [1.807, 2.05) is 30.9 Å². The van der Waals surface area contributed by atoms with Gasteiger partial charge in [-0.1, -0.05) is 0 Å². The number of rotatable bonds is 2. The molecule has 0 saturated carbocycles. The number of fused-ring (bicyclic) bond motifs is 1. The summed E-state index contributed by atoms with van der Waals surface area (Å²) in [5.41, 5.74) is 3.44. The molecule has 1 aliphatic rings. The number of carbonyl (C=O) groups is 1. The van der Waals surface area contributed by atoms with Gasteiger partial charge in [-0.3, -0.25) is 9.78 Å². The van der Waals surface area contributed by atoms with Gasteiger partial charge in [-0.25, -0.2) is 9.50 Å². The number of nitrogens with zero attached hydrogens (tertiary/aromatic N) is 6. The third kappa shape index (κ3) is 2.86. The summed E-state index contributed by atoms with van der Waals surface area (Å²) < 4.78 is 1.79. The molecule has 1 fully saturated rings. The highest BCUT2D eigenvalue weighted by molar-refractivity contribution is 5.95. The second kappa shape index (κ2) is 6.23. The Hall–Kier alpha value is -2.83. The van der Waals surface area contributed by atoms with Crippen LogP contribution in [0.3, 0.4) is 0 Å². The van der Waals surface area contributed by atoms with Crippen molar-refractivity contribution in [2.45, 2.75) is 32.6 Å². The molecule has 25 heavy (non-hydrogen) atoms. The Labute approximate surface area is 145 Å². The fourth-order valence-corrected chi connectivity index (χ4v) is 3.53. The smallest absolute Gasteiger partial charge is 0.255 e. The van der Waals surface area contributed by atoms with Crippen molar-refractivity contribution in [1.82, 2.24) is 29.5 Å². The molecule has 0 radical (unpaired) electrons. The molecule has 1 unspecified atom stereocenters. The zero-order valence-corrected chi connectivity index (χ0v) is 14.4. The third-order valence-corrected chi connectivity index (χ3v) is 4.77. The topological polar surface area (TPSA) is 76.3 Å². The Bertz CT molecular complexity index is 934. The molecule has 3 aromatic heterocycles. The van der Waals surface area contributed by atoms with Crippen molar-refractivity contribution < 1.29 is 4.79 Å². The predicted molar refractivity (Wildman–Crippen MR) is 92.4 cm³/mol.